The predicted molar refractivity (Wildman–Crippen MR) is 105 cm³/mol. The summed E-state index contributed by atoms with van der Waals surface area (Å²) in [6, 6.07) is 13.9. The number of ketones is 1. The van der Waals surface area contributed by atoms with Crippen LogP contribution in [0.2, 0.25) is 0 Å². The molecule has 4 rings (SSSR count). The number of carbonyl (C=O) groups is 2. The molecule has 0 N–H and O–H groups in total. The first-order chi connectivity index (χ1) is 14.1. The molecule has 0 radical (unpaired) electrons. The van der Waals surface area contributed by atoms with E-state index in [0.717, 1.165) is 18.4 Å². The highest BCUT2D eigenvalue weighted by Crippen LogP contribution is 2.40. The summed E-state index contributed by atoms with van der Waals surface area (Å²) in [5, 5.41) is 0. The molecule has 2 fully saturated rings. The first-order valence-electron chi connectivity index (χ1n) is 9.93. The maximum atomic E-state index is 14.0. The Morgan fingerprint density at radius 1 is 1.07 bits per heavy atom. The van der Waals surface area contributed by atoms with Gasteiger partial charge in [-0.05, 0) is 49.4 Å². The molecule has 2 aliphatic rings. The molecule has 2 atom stereocenters. The number of fused-ring (bicyclic) bond motifs is 2. The molecule has 1 amide bonds. The lowest BCUT2D eigenvalue weighted by Crippen LogP contribution is -2.48. The van der Waals surface area contributed by atoms with Gasteiger partial charge in [-0.25, -0.2) is 9.18 Å². The summed E-state index contributed by atoms with van der Waals surface area (Å²) in [7, 11) is 1.39. The van der Waals surface area contributed by atoms with Crippen molar-refractivity contribution in [3.05, 3.63) is 65.5 Å². The van der Waals surface area contributed by atoms with Crippen molar-refractivity contribution in [1.82, 2.24) is 4.90 Å². The van der Waals surface area contributed by atoms with Crippen LogP contribution in [-0.4, -0.2) is 36.0 Å². The van der Waals surface area contributed by atoms with Crippen LogP contribution < -0.4 is 4.74 Å². The molecule has 2 aliphatic heterocycles. The number of carbonyl (C=O) groups excluding carboxylic acids is 2. The molecular weight excluding hydrogens is 373 g/mol. The molecule has 2 unspecified atom stereocenters. The molecule has 0 aromatic heterocycles. The Hall–Kier alpha value is -2.89. The molecule has 0 spiro atoms. The Bertz CT molecular complexity index is 887. The molecule has 152 valence electrons. The van der Waals surface area contributed by atoms with Gasteiger partial charge in [-0.15, -0.1) is 0 Å². The Morgan fingerprint density at radius 2 is 1.76 bits per heavy atom. The third kappa shape index (κ3) is 3.97. The maximum Gasteiger partial charge on any atom is 0.410 e. The summed E-state index contributed by atoms with van der Waals surface area (Å²) < 4.78 is 24.4. The second-order valence-corrected chi connectivity index (χ2v) is 7.71. The van der Waals surface area contributed by atoms with Crippen molar-refractivity contribution >= 4 is 11.9 Å². The molecule has 2 aromatic rings. The number of piperidine rings is 1. The molecular formula is C23H24FNO4. The molecule has 29 heavy (non-hydrogen) atoms. The van der Waals surface area contributed by atoms with Gasteiger partial charge in [-0.2, -0.15) is 0 Å². The minimum atomic E-state index is -0.539. The van der Waals surface area contributed by atoms with Gasteiger partial charge in [0.1, 0.15) is 6.61 Å². The average molecular weight is 397 g/mol. The van der Waals surface area contributed by atoms with E-state index in [-0.39, 0.29) is 42.2 Å². The number of methoxy groups -OCH3 is 1. The van der Waals surface area contributed by atoms with Crippen LogP contribution in [0.3, 0.4) is 0 Å². The topological polar surface area (TPSA) is 55.8 Å². The number of ether oxygens (including phenoxy) is 2. The SMILES string of the molecule is COc1ccc(C(=O)C2CC3CCC(C2)N3C(=O)OCc2ccccc2)cc1F. The summed E-state index contributed by atoms with van der Waals surface area (Å²) in [6.45, 7) is 0.239. The number of benzene rings is 2. The van der Waals surface area contributed by atoms with Crippen LogP contribution in [0.5, 0.6) is 5.75 Å². The quantitative estimate of drug-likeness (QED) is 0.692. The summed E-state index contributed by atoms with van der Waals surface area (Å²) >= 11 is 0. The van der Waals surface area contributed by atoms with Gasteiger partial charge in [-0.1, -0.05) is 30.3 Å². The van der Waals surface area contributed by atoms with E-state index in [0.29, 0.717) is 18.4 Å². The molecule has 6 heteroatoms. The predicted octanol–water partition coefficient (Wildman–Crippen LogP) is 4.60. The molecule has 2 aromatic carbocycles. The zero-order chi connectivity index (χ0) is 20.4. The van der Waals surface area contributed by atoms with Crippen molar-refractivity contribution in [3.8, 4) is 5.75 Å². The second kappa shape index (κ2) is 8.23. The number of Topliss-reactive ketones (excluding diaryl/α,β-unsaturated/α-hetero) is 1. The van der Waals surface area contributed by atoms with E-state index < -0.39 is 5.82 Å². The Balaban J connectivity index is 1.40. The van der Waals surface area contributed by atoms with Gasteiger partial charge in [-0.3, -0.25) is 4.79 Å². The highest BCUT2D eigenvalue weighted by atomic mass is 19.1. The first kappa shape index (κ1) is 19.4. The first-order valence-corrected chi connectivity index (χ1v) is 9.93. The van der Waals surface area contributed by atoms with Crippen molar-refractivity contribution in [1.29, 1.82) is 0 Å². The Morgan fingerprint density at radius 3 is 2.38 bits per heavy atom. The zero-order valence-corrected chi connectivity index (χ0v) is 16.3. The van der Waals surface area contributed by atoms with Gasteiger partial charge in [0.15, 0.2) is 17.3 Å². The number of rotatable bonds is 5. The number of hydrogen-bond donors (Lipinski definition) is 0. The van der Waals surface area contributed by atoms with Crippen molar-refractivity contribution in [2.24, 2.45) is 5.92 Å². The fraction of sp³-hybridized carbons (Fsp3) is 0.391. The van der Waals surface area contributed by atoms with E-state index >= 15 is 0 Å². The van der Waals surface area contributed by atoms with Crippen LogP contribution in [-0.2, 0) is 11.3 Å². The van der Waals surface area contributed by atoms with Gasteiger partial charge >= 0.3 is 6.09 Å². The molecule has 2 bridgehead atoms. The second-order valence-electron chi connectivity index (χ2n) is 7.71. The van der Waals surface area contributed by atoms with Gasteiger partial charge in [0.05, 0.1) is 7.11 Å². The highest BCUT2D eigenvalue weighted by molar-refractivity contribution is 5.98. The third-order valence-corrected chi connectivity index (χ3v) is 5.96. The average Bonchev–Trinajstić information content (AvgIpc) is 3.01. The molecule has 0 aliphatic carbocycles. The lowest BCUT2D eigenvalue weighted by molar-refractivity contribution is 0.0485. The maximum absolute atomic E-state index is 14.0. The molecule has 2 saturated heterocycles. The number of hydrogen-bond acceptors (Lipinski definition) is 4. The molecule has 2 heterocycles. The lowest BCUT2D eigenvalue weighted by Gasteiger charge is -2.37. The molecule has 0 saturated carbocycles. The summed E-state index contributed by atoms with van der Waals surface area (Å²) in [5.41, 5.74) is 1.30. The summed E-state index contributed by atoms with van der Waals surface area (Å²) in [4.78, 5) is 27.4. The van der Waals surface area contributed by atoms with Crippen LogP contribution in [0.1, 0.15) is 41.6 Å². The van der Waals surface area contributed by atoms with Gasteiger partial charge in [0, 0.05) is 23.6 Å². The fourth-order valence-electron chi connectivity index (χ4n) is 4.54. The van der Waals surface area contributed by atoms with Crippen molar-refractivity contribution in [3.63, 3.8) is 0 Å². The number of halogens is 1. The van der Waals surface area contributed by atoms with Crippen LogP contribution in [0.4, 0.5) is 9.18 Å². The van der Waals surface area contributed by atoms with E-state index in [1.54, 1.807) is 11.0 Å². The van der Waals surface area contributed by atoms with Crippen LogP contribution in [0.15, 0.2) is 48.5 Å². The van der Waals surface area contributed by atoms with E-state index in [2.05, 4.69) is 0 Å². The highest BCUT2D eigenvalue weighted by Gasteiger charge is 2.46. The van der Waals surface area contributed by atoms with Crippen molar-refractivity contribution in [2.75, 3.05) is 7.11 Å². The van der Waals surface area contributed by atoms with E-state index in [1.165, 1.54) is 19.2 Å². The standard InChI is InChI=1S/C23H24FNO4/c1-28-21-10-7-16(13-20(21)24)22(26)17-11-18-8-9-19(12-17)25(18)23(27)29-14-15-5-3-2-4-6-15/h2-7,10,13,17-19H,8-9,11-12,14H2,1H3. The zero-order valence-electron chi connectivity index (χ0n) is 16.3. The van der Waals surface area contributed by atoms with E-state index in [9.17, 15) is 14.0 Å². The Kier molecular flexibility index (Phi) is 5.51. The van der Waals surface area contributed by atoms with Gasteiger partial charge < -0.3 is 14.4 Å². The Labute approximate surface area is 169 Å². The van der Waals surface area contributed by atoms with E-state index in [1.807, 2.05) is 30.3 Å². The lowest BCUT2D eigenvalue weighted by atomic mass is 9.85. The van der Waals surface area contributed by atoms with Crippen LogP contribution in [0.25, 0.3) is 0 Å². The third-order valence-electron chi connectivity index (χ3n) is 5.96. The van der Waals surface area contributed by atoms with Gasteiger partial charge in [0.25, 0.3) is 0 Å². The van der Waals surface area contributed by atoms with Crippen molar-refractivity contribution < 1.29 is 23.5 Å². The summed E-state index contributed by atoms with van der Waals surface area (Å²) in [5.74, 6) is -0.694. The monoisotopic (exact) mass is 397 g/mol. The van der Waals surface area contributed by atoms with Crippen LogP contribution in [0, 0.1) is 11.7 Å². The van der Waals surface area contributed by atoms with Crippen LogP contribution >= 0.6 is 0 Å². The largest absolute Gasteiger partial charge is 0.494 e. The van der Waals surface area contributed by atoms with E-state index in [4.69, 9.17) is 9.47 Å². The normalized spacial score (nSPS) is 23.0. The minimum Gasteiger partial charge on any atom is -0.494 e. The fourth-order valence-corrected chi connectivity index (χ4v) is 4.54. The number of amides is 1. The van der Waals surface area contributed by atoms with Crippen molar-refractivity contribution in [2.45, 2.75) is 44.4 Å². The number of nitrogens with zero attached hydrogens (tertiary/aromatic N) is 1. The molecule has 5 nitrogen and oxygen atoms in total. The smallest absolute Gasteiger partial charge is 0.410 e. The summed E-state index contributed by atoms with van der Waals surface area (Å²) in [6.07, 6.45) is 2.59. The minimum absolute atomic E-state index is 0.00549. The van der Waals surface area contributed by atoms with Gasteiger partial charge in [0.2, 0.25) is 0 Å².